The van der Waals surface area contributed by atoms with Crippen molar-refractivity contribution in [3.63, 3.8) is 0 Å². The Labute approximate surface area is 232 Å². The Morgan fingerprint density at radius 3 is 1.88 bits per heavy atom. The summed E-state index contributed by atoms with van der Waals surface area (Å²) in [4.78, 5) is 0. The van der Waals surface area contributed by atoms with Gasteiger partial charge in [-0.3, -0.25) is 0 Å². The zero-order chi connectivity index (χ0) is 29.2. The predicted octanol–water partition coefficient (Wildman–Crippen LogP) is 3.50. The predicted molar refractivity (Wildman–Crippen MR) is 142 cm³/mol. The van der Waals surface area contributed by atoms with Crippen LogP contribution in [0.2, 0.25) is 0 Å². The second kappa shape index (κ2) is 9.49. The first-order valence-electron chi connectivity index (χ1n) is 12.7. The third-order valence-electron chi connectivity index (χ3n) is 7.61. The van der Waals surface area contributed by atoms with Gasteiger partial charge in [-0.25, -0.2) is 0 Å². The number of hydrogen-bond donors (Lipinski definition) is 9. The Kier molecular flexibility index (Phi) is 6.04. The number of benzene rings is 4. The van der Waals surface area contributed by atoms with Crippen LogP contribution in [-0.2, 0) is 12.8 Å². The molecule has 0 amide bonds. The molecule has 0 fully saturated rings. The molecular weight excluding hydrogens is 536 g/mol. The summed E-state index contributed by atoms with van der Waals surface area (Å²) in [6.07, 6.45) is -3.08. The average Bonchev–Trinajstić information content (AvgIpc) is 3.27. The van der Waals surface area contributed by atoms with E-state index in [-0.39, 0.29) is 64.4 Å². The van der Waals surface area contributed by atoms with Gasteiger partial charge in [-0.1, -0.05) is 12.1 Å². The lowest BCUT2D eigenvalue weighted by Gasteiger charge is -2.33. The fourth-order valence-corrected chi connectivity index (χ4v) is 5.66. The smallest absolute Gasteiger partial charge is 0.157 e. The minimum atomic E-state index is -1.13. The molecule has 2 aliphatic rings. The van der Waals surface area contributed by atoms with Gasteiger partial charge in [0, 0.05) is 47.7 Å². The van der Waals surface area contributed by atoms with Gasteiger partial charge in [-0.2, -0.15) is 0 Å². The molecule has 2 aliphatic heterocycles. The van der Waals surface area contributed by atoms with E-state index in [4.69, 9.17) is 9.47 Å². The van der Waals surface area contributed by atoms with Crippen LogP contribution in [0.5, 0.6) is 57.5 Å². The number of rotatable bonds is 4. The molecule has 0 saturated carbocycles. The fourth-order valence-electron chi connectivity index (χ4n) is 5.66. The van der Waals surface area contributed by atoms with Gasteiger partial charge < -0.3 is 55.4 Å². The van der Waals surface area contributed by atoms with Crippen LogP contribution < -0.4 is 9.47 Å². The molecule has 0 aromatic heterocycles. The van der Waals surface area contributed by atoms with E-state index in [0.717, 1.165) is 12.1 Å². The third-order valence-corrected chi connectivity index (χ3v) is 7.61. The van der Waals surface area contributed by atoms with E-state index in [1.54, 1.807) is 6.07 Å². The third kappa shape index (κ3) is 4.36. The zero-order valence-corrected chi connectivity index (χ0v) is 21.3. The number of fused-ring (bicyclic) bond motifs is 3. The minimum Gasteiger partial charge on any atom is -0.508 e. The lowest BCUT2D eigenvalue weighted by atomic mass is 9.82. The monoisotopic (exact) mass is 562 g/mol. The first-order valence-corrected chi connectivity index (χ1v) is 12.7. The topological polar surface area (TPSA) is 201 Å². The number of aromatic hydroxyl groups is 8. The highest BCUT2D eigenvalue weighted by atomic mass is 16.5. The lowest BCUT2D eigenvalue weighted by molar-refractivity contribution is 0.0191. The van der Waals surface area contributed by atoms with Crippen LogP contribution in [0.4, 0.5) is 0 Å². The molecule has 0 unspecified atom stereocenters. The number of ether oxygens (including phenoxy) is 2. The maximum absolute atomic E-state index is 10.9. The molecule has 0 radical (unpaired) electrons. The molecule has 6 rings (SSSR count). The maximum atomic E-state index is 10.9. The zero-order valence-electron chi connectivity index (χ0n) is 21.3. The largest absolute Gasteiger partial charge is 0.508 e. The van der Waals surface area contributed by atoms with Crippen molar-refractivity contribution in [1.82, 2.24) is 0 Å². The highest BCUT2D eigenvalue weighted by Gasteiger charge is 2.44. The Morgan fingerprint density at radius 2 is 1.24 bits per heavy atom. The molecule has 0 bridgehead atoms. The van der Waals surface area contributed by atoms with Crippen LogP contribution in [0.15, 0.2) is 54.6 Å². The summed E-state index contributed by atoms with van der Waals surface area (Å²) < 4.78 is 12.5. The van der Waals surface area contributed by atoms with Crippen LogP contribution in [0, 0.1) is 0 Å². The van der Waals surface area contributed by atoms with E-state index in [1.807, 2.05) is 0 Å². The molecular formula is C30H26O11. The fraction of sp³-hybridized carbons (Fsp3) is 0.200. The Balaban J connectivity index is 1.50. The summed E-state index contributed by atoms with van der Waals surface area (Å²) in [5, 5.41) is 92.6. The number of phenols is 8. The van der Waals surface area contributed by atoms with Crippen molar-refractivity contribution in [3.8, 4) is 57.5 Å². The second-order valence-corrected chi connectivity index (χ2v) is 10.2. The second-order valence-electron chi connectivity index (χ2n) is 10.2. The minimum absolute atomic E-state index is 0.0293. The highest BCUT2D eigenvalue weighted by molar-refractivity contribution is 5.65. The van der Waals surface area contributed by atoms with Crippen molar-refractivity contribution in [2.24, 2.45) is 0 Å². The summed E-state index contributed by atoms with van der Waals surface area (Å²) >= 11 is 0. The van der Waals surface area contributed by atoms with Gasteiger partial charge in [0.2, 0.25) is 0 Å². The summed E-state index contributed by atoms with van der Waals surface area (Å²) in [5.74, 6) is -3.10. The average molecular weight is 563 g/mol. The van der Waals surface area contributed by atoms with Crippen LogP contribution >= 0.6 is 0 Å². The molecule has 4 aromatic rings. The quantitative estimate of drug-likeness (QED) is 0.165. The summed E-state index contributed by atoms with van der Waals surface area (Å²) in [6.45, 7) is 0. The lowest BCUT2D eigenvalue weighted by Crippen LogP contribution is -2.31. The van der Waals surface area contributed by atoms with E-state index in [2.05, 4.69) is 0 Å². The normalized spacial score (nSPS) is 21.0. The van der Waals surface area contributed by atoms with Crippen LogP contribution in [-0.4, -0.2) is 58.2 Å². The van der Waals surface area contributed by atoms with Crippen molar-refractivity contribution in [2.75, 3.05) is 0 Å². The van der Waals surface area contributed by atoms with Crippen molar-refractivity contribution in [1.29, 1.82) is 0 Å². The van der Waals surface area contributed by atoms with Gasteiger partial charge in [0.05, 0.1) is 12.0 Å². The van der Waals surface area contributed by atoms with Gasteiger partial charge in [0.25, 0.3) is 0 Å². The molecule has 0 spiro atoms. The van der Waals surface area contributed by atoms with E-state index in [0.29, 0.717) is 22.3 Å². The first kappa shape index (κ1) is 26.1. The SMILES string of the molecule is Oc1cc(O)c(C[C@@H]2Oc3cc(O)c4c(c3[C@H]2c2ccc(O)c(O)c2)O[C@H](c2ccc(O)c(O)c2)[C@@H](O)C4)c(O)c1. The Hall–Kier alpha value is -5.16. The van der Waals surface area contributed by atoms with Crippen molar-refractivity contribution < 1.29 is 55.4 Å². The van der Waals surface area contributed by atoms with Crippen molar-refractivity contribution in [2.45, 2.75) is 37.1 Å². The molecule has 2 heterocycles. The molecule has 0 aliphatic carbocycles. The summed E-state index contributed by atoms with van der Waals surface area (Å²) in [5.41, 5.74) is 1.67. The van der Waals surface area contributed by atoms with Crippen LogP contribution in [0.3, 0.4) is 0 Å². The maximum Gasteiger partial charge on any atom is 0.157 e. The summed E-state index contributed by atoms with van der Waals surface area (Å²) in [7, 11) is 0. The van der Waals surface area contributed by atoms with Crippen molar-refractivity contribution >= 4 is 0 Å². The Morgan fingerprint density at radius 1 is 0.634 bits per heavy atom. The highest BCUT2D eigenvalue weighted by Crippen LogP contribution is 2.55. The molecule has 212 valence electrons. The Bertz CT molecular complexity index is 1660. The van der Waals surface area contributed by atoms with Gasteiger partial charge >= 0.3 is 0 Å². The number of aliphatic hydroxyl groups excluding tert-OH is 1. The molecule has 4 aromatic carbocycles. The van der Waals surface area contributed by atoms with Gasteiger partial charge in [-0.05, 0) is 35.4 Å². The van der Waals surface area contributed by atoms with Crippen molar-refractivity contribution in [3.05, 3.63) is 82.4 Å². The standard InChI is InChI=1S/C30H26O11/c31-14-7-19(34)15(20(35)8-14)10-25-27(12-1-3-17(32)22(37)5-12)28-26(40-25)11-21(36)16-9-24(39)29(41-30(16)28)13-2-4-18(33)23(38)6-13/h1-8,11,24-25,27,29,31-39H,9-10H2/t24-,25-,27-,29+/m0/s1. The molecule has 11 nitrogen and oxygen atoms in total. The van der Waals surface area contributed by atoms with Gasteiger partial charge in [0.15, 0.2) is 23.0 Å². The molecule has 9 N–H and O–H groups in total. The van der Waals surface area contributed by atoms with Gasteiger partial charge in [0.1, 0.15) is 46.7 Å². The summed E-state index contributed by atoms with van der Waals surface area (Å²) in [6, 6.07) is 11.8. The van der Waals surface area contributed by atoms with E-state index < -0.39 is 35.7 Å². The van der Waals surface area contributed by atoms with E-state index in [1.165, 1.54) is 36.4 Å². The van der Waals surface area contributed by atoms with Gasteiger partial charge in [-0.15, -0.1) is 0 Å². The molecule has 4 atom stereocenters. The number of aliphatic hydroxyl groups is 1. The molecule has 41 heavy (non-hydrogen) atoms. The van der Waals surface area contributed by atoms with E-state index in [9.17, 15) is 46.0 Å². The molecule has 0 saturated heterocycles. The number of phenolic OH excluding ortho intramolecular Hbond substituents is 8. The van der Waals surface area contributed by atoms with Crippen LogP contribution in [0.25, 0.3) is 0 Å². The number of hydrogen-bond acceptors (Lipinski definition) is 11. The van der Waals surface area contributed by atoms with E-state index >= 15 is 0 Å². The van der Waals surface area contributed by atoms with Crippen LogP contribution in [0.1, 0.15) is 39.8 Å². The first-order chi connectivity index (χ1) is 19.5. The molecule has 11 heteroatoms.